The molecule has 88 valence electrons. The van der Waals surface area contributed by atoms with Crippen LogP contribution in [0.2, 0.25) is 0 Å². The van der Waals surface area contributed by atoms with Crippen LogP contribution in [-0.2, 0) is 6.54 Å². The monoisotopic (exact) mass is 239 g/mol. The molecule has 0 spiro atoms. The maximum Gasteiger partial charge on any atom is 0.191 e. The minimum absolute atomic E-state index is 0.366. The Kier molecular flexibility index (Phi) is 2.65. The first-order chi connectivity index (χ1) is 7.81. The molecule has 1 fully saturated rings. The lowest BCUT2D eigenvalue weighted by molar-refractivity contribution is 0.260. The molecular weight excluding hydrogens is 222 g/mol. The van der Waals surface area contributed by atoms with Crippen LogP contribution in [0.25, 0.3) is 0 Å². The van der Waals surface area contributed by atoms with E-state index < -0.39 is 0 Å². The number of likely N-dealkylation sites (tertiary alicyclic amines) is 1. The predicted molar refractivity (Wildman–Crippen MR) is 63.3 cm³/mol. The Balaban J connectivity index is 1.95. The third kappa shape index (κ3) is 1.48. The van der Waals surface area contributed by atoms with Gasteiger partial charge in [-0.2, -0.15) is 0 Å². The average Bonchev–Trinajstić information content (AvgIpc) is 2.92. The summed E-state index contributed by atoms with van der Waals surface area (Å²) in [6.45, 7) is 2.90. The van der Waals surface area contributed by atoms with E-state index in [1.165, 1.54) is 6.42 Å². The molecule has 0 aliphatic carbocycles. The van der Waals surface area contributed by atoms with Crippen molar-refractivity contribution in [3.05, 3.63) is 5.82 Å². The second-order valence-corrected chi connectivity index (χ2v) is 5.61. The van der Waals surface area contributed by atoms with Gasteiger partial charge in [0.25, 0.3) is 0 Å². The van der Waals surface area contributed by atoms with Crippen molar-refractivity contribution in [2.75, 3.05) is 25.9 Å². The van der Waals surface area contributed by atoms with E-state index in [1.54, 1.807) is 11.8 Å². The average molecular weight is 239 g/mol. The minimum atomic E-state index is 0.366. The lowest BCUT2D eigenvalue weighted by atomic mass is 10.00. The number of hydrogen-bond donors (Lipinski definition) is 1. The summed E-state index contributed by atoms with van der Waals surface area (Å²) in [5, 5.41) is 9.69. The fourth-order valence-electron chi connectivity index (χ4n) is 2.74. The molecule has 2 atom stereocenters. The van der Waals surface area contributed by atoms with Crippen molar-refractivity contribution >= 4 is 11.8 Å². The highest BCUT2D eigenvalue weighted by Gasteiger charge is 2.36. The zero-order valence-electron chi connectivity index (χ0n) is 9.46. The van der Waals surface area contributed by atoms with Gasteiger partial charge >= 0.3 is 0 Å². The summed E-state index contributed by atoms with van der Waals surface area (Å²) in [7, 11) is 2.16. The van der Waals surface area contributed by atoms with Gasteiger partial charge in [0.05, 0.1) is 6.04 Å². The molecule has 16 heavy (non-hydrogen) atoms. The number of nitrogens with two attached hydrogens (primary N) is 1. The summed E-state index contributed by atoms with van der Waals surface area (Å²) in [6, 6.07) is 0.366. The van der Waals surface area contributed by atoms with Crippen LogP contribution in [0, 0.1) is 5.92 Å². The fraction of sp³-hybridized carbons (Fsp3) is 0.800. The smallest absolute Gasteiger partial charge is 0.191 e. The maximum atomic E-state index is 5.85. The first-order valence-corrected chi connectivity index (χ1v) is 6.76. The van der Waals surface area contributed by atoms with E-state index in [4.69, 9.17) is 5.73 Å². The van der Waals surface area contributed by atoms with Crippen LogP contribution in [-0.4, -0.2) is 45.6 Å². The fourth-order valence-corrected chi connectivity index (χ4v) is 3.64. The van der Waals surface area contributed by atoms with Gasteiger partial charge in [0.15, 0.2) is 11.0 Å². The lowest BCUT2D eigenvalue weighted by Crippen LogP contribution is -2.28. The minimum Gasteiger partial charge on any atom is -0.330 e. The van der Waals surface area contributed by atoms with Crippen molar-refractivity contribution in [1.82, 2.24) is 19.7 Å². The van der Waals surface area contributed by atoms with Gasteiger partial charge in [0.1, 0.15) is 0 Å². The number of thioether (sulfide) groups is 1. The van der Waals surface area contributed by atoms with Crippen LogP contribution in [0.3, 0.4) is 0 Å². The second kappa shape index (κ2) is 4.01. The molecule has 0 radical (unpaired) electrons. The third-order valence-electron chi connectivity index (χ3n) is 3.63. The van der Waals surface area contributed by atoms with Gasteiger partial charge in [-0.15, -0.1) is 10.2 Å². The van der Waals surface area contributed by atoms with E-state index >= 15 is 0 Å². The van der Waals surface area contributed by atoms with E-state index in [1.807, 2.05) is 0 Å². The summed E-state index contributed by atoms with van der Waals surface area (Å²) < 4.78 is 2.26. The van der Waals surface area contributed by atoms with E-state index in [0.717, 1.165) is 36.4 Å². The SMILES string of the molecule is CN1CCC(CN)C1c1nnc2n1CCS2. The first-order valence-electron chi connectivity index (χ1n) is 5.77. The molecule has 1 saturated heterocycles. The van der Waals surface area contributed by atoms with E-state index in [9.17, 15) is 0 Å². The predicted octanol–water partition coefficient (Wildman–Crippen LogP) is 0.335. The Morgan fingerprint density at radius 2 is 2.31 bits per heavy atom. The van der Waals surface area contributed by atoms with Crippen LogP contribution in [0.1, 0.15) is 18.3 Å². The Bertz CT molecular complexity index is 391. The van der Waals surface area contributed by atoms with Crippen LogP contribution in [0.4, 0.5) is 0 Å². The molecule has 5 nitrogen and oxygen atoms in total. The molecule has 3 heterocycles. The van der Waals surface area contributed by atoms with Crippen LogP contribution in [0.15, 0.2) is 5.16 Å². The molecule has 1 aromatic heterocycles. The zero-order valence-corrected chi connectivity index (χ0v) is 10.3. The molecule has 3 rings (SSSR count). The maximum absolute atomic E-state index is 5.85. The zero-order chi connectivity index (χ0) is 11.1. The van der Waals surface area contributed by atoms with Crippen LogP contribution >= 0.6 is 11.8 Å². The molecule has 2 aliphatic heterocycles. The molecular formula is C10H17N5S. The highest BCUT2D eigenvalue weighted by atomic mass is 32.2. The lowest BCUT2D eigenvalue weighted by Gasteiger charge is -2.23. The number of fused-ring (bicyclic) bond motifs is 1. The molecule has 2 unspecified atom stereocenters. The van der Waals surface area contributed by atoms with Crippen molar-refractivity contribution < 1.29 is 0 Å². The normalized spacial score (nSPS) is 29.9. The standard InChI is InChI=1S/C10H17N5S/c1-14-3-2-7(6-11)8(14)9-12-13-10-15(9)4-5-16-10/h7-8H,2-6,11H2,1H3. The molecule has 0 aromatic carbocycles. The highest BCUT2D eigenvalue weighted by molar-refractivity contribution is 7.99. The number of nitrogens with zero attached hydrogens (tertiary/aromatic N) is 4. The molecule has 2 aliphatic rings. The summed E-state index contributed by atoms with van der Waals surface area (Å²) >= 11 is 1.80. The summed E-state index contributed by atoms with van der Waals surface area (Å²) in [4.78, 5) is 2.36. The summed E-state index contributed by atoms with van der Waals surface area (Å²) in [6.07, 6.45) is 1.17. The van der Waals surface area contributed by atoms with Gasteiger partial charge in [0, 0.05) is 12.3 Å². The quantitative estimate of drug-likeness (QED) is 0.806. The van der Waals surface area contributed by atoms with Gasteiger partial charge in [-0.25, -0.2) is 0 Å². The number of aromatic nitrogens is 3. The number of rotatable bonds is 2. The Morgan fingerprint density at radius 3 is 3.12 bits per heavy atom. The van der Waals surface area contributed by atoms with Gasteiger partial charge in [0.2, 0.25) is 0 Å². The van der Waals surface area contributed by atoms with E-state index in [0.29, 0.717) is 12.0 Å². The van der Waals surface area contributed by atoms with Crippen LogP contribution < -0.4 is 5.73 Å². The molecule has 0 saturated carbocycles. The molecule has 0 amide bonds. The van der Waals surface area contributed by atoms with Crippen molar-refractivity contribution in [2.45, 2.75) is 24.2 Å². The third-order valence-corrected chi connectivity index (χ3v) is 4.58. The van der Waals surface area contributed by atoms with Crippen molar-refractivity contribution in [3.63, 3.8) is 0 Å². The van der Waals surface area contributed by atoms with Crippen LogP contribution in [0.5, 0.6) is 0 Å². The van der Waals surface area contributed by atoms with Crippen molar-refractivity contribution in [3.8, 4) is 0 Å². The Morgan fingerprint density at radius 1 is 1.44 bits per heavy atom. The van der Waals surface area contributed by atoms with Gasteiger partial charge < -0.3 is 10.3 Å². The molecule has 1 aromatic rings. The largest absolute Gasteiger partial charge is 0.330 e. The van der Waals surface area contributed by atoms with Crippen molar-refractivity contribution in [2.24, 2.45) is 11.7 Å². The first kappa shape index (κ1) is 10.6. The Hall–Kier alpha value is -0.590. The summed E-state index contributed by atoms with van der Waals surface area (Å²) in [5.74, 6) is 2.78. The van der Waals surface area contributed by atoms with Gasteiger partial charge in [-0.05, 0) is 32.5 Å². The van der Waals surface area contributed by atoms with Crippen molar-refractivity contribution in [1.29, 1.82) is 0 Å². The molecule has 2 N–H and O–H groups in total. The second-order valence-electron chi connectivity index (χ2n) is 4.55. The highest BCUT2D eigenvalue weighted by Crippen LogP contribution is 2.37. The van der Waals surface area contributed by atoms with Gasteiger partial charge in [-0.3, -0.25) is 4.90 Å². The number of hydrogen-bond acceptors (Lipinski definition) is 5. The molecule has 0 bridgehead atoms. The van der Waals surface area contributed by atoms with E-state index in [-0.39, 0.29) is 0 Å². The summed E-state index contributed by atoms with van der Waals surface area (Å²) in [5.41, 5.74) is 5.85. The van der Waals surface area contributed by atoms with E-state index in [2.05, 4.69) is 26.7 Å². The Labute approximate surface area is 99.4 Å². The topological polar surface area (TPSA) is 60.0 Å². The molecule has 6 heteroatoms. The van der Waals surface area contributed by atoms with Gasteiger partial charge in [-0.1, -0.05) is 11.8 Å².